The standard InChI is InChI=1S/C30H30N4O2/c1-22(2)20-28(30(35)33-17-16-31)36-29(25-6-4-3-5-7-25)26-10-8-23(9-11-26)24-12-14-27(15-13-24)34-19-18-32-21-34/h3-15,18-19,21-22,28-29H,17,20H2,1-2H3,(H,33,35)/t28-,29?/m0/s1. The van der Waals surface area contributed by atoms with Crippen LogP contribution < -0.4 is 5.32 Å². The largest absolute Gasteiger partial charge is 0.356 e. The molecule has 1 heterocycles. The molecule has 2 atom stereocenters. The number of hydrogen-bond acceptors (Lipinski definition) is 4. The zero-order chi connectivity index (χ0) is 25.3. The van der Waals surface area contributed by atoms with E-state index in [1.165, 1.54) is 0 Å². The summed E-state index contributed by atoms with van der Waals surface area (Å²) >= 11 is 0. The highest BCUT2D eigenvalue weighted by atomic mass is 16.5. The highest BCUT2D eigenvalue weighted by Gasteiger charge is 2.26. The predicted octanol–water partition coefficient (Wildman–Crippen LogP) is 5.70. The average molecular weight is 479 g/mol. The summed E-state index contributed by atoms with van der Waals surface area (Å²) in [7, 11) is 0. The number of nitrogens with one attached hydrogen (secondary N) is 1. The summed E-state index contributed by atoms with van der Waals surface area (Å²) in [5, 5.41) is 11.6. The zero-order valence-electron chi connectivity index (χ0n) is 20.5. The van der Waals surface area contributed by atoms with E-state index < -0.39 is 12.2 Å². The van der Waals surface area contributed by atoms with Crippen LogP contribution in [0.4, 0.5) is 0 Å². The van der Waals surface area contributed by atoms with Gasteiger partial charge in [0, 0.05) is 18.1 Å². The second-order valence-corrected chi connectivity index (χ2v) is 9.06. The van der Waals surface area contributed by atoms with Gasteiger partial charge in [0.15, 0.2) is 0 Å². The quantitative estimate of drug-likeness (QED) is 0.297. The highest BCUT2D eigenvalue weighted by Crippen LogP contribution is 2.31. The number of ether oxygens (including phenoxy) is 1. The Bertz CT molecular complexity index is 1280. The second kappa shape index (κ2) is 12.0. The fourth-order valence-electron chi connectivity index (χ4n) is 4.12. The molecule has 0 aliphatic rings. The summed E-state index contributed by atoms with van der Waals surface area (Å²) in [6.45, 7) is 4.07. The Labute approximate surface area is 212 Å². The maximum atomic E-state index is 12.8. The predicted molar refractivity (Wildman–Crippen MR) is 140 cm³/mol. The molecule has 1 unspecified atom stereocenters. The van der Waals surface area contributed by atoms with Crippen molar-refractivity contribution in [3.63, 3.8) is 0 Å². The van der Waals surface area contributed by atoms with Gasteiger partial charge < -0.3 is 14.6 Å². The Morgan fingerprint density at radius 1 is 0.972 bits per heavy atom. The van der Waals surface area contributed by atoms with E-state index >= 15 is 0 Å². The molecule has 1 N–H and O–H groups in total. The number of hydrogen-bond donors (Lipinski definition) is 1. The van der Waals surface area contributed by atoms with Crippen LogP contribution in [0.2, 0.25) is 0 Å². The third-order valence-electron chi connectivity index (χ3n) is 5.94. The first-order chi connectivity index (χ1) is 17.5. The number of carbonyl (C=O) groups is 1. The first-order valence-electron chi connectivity index (χ1n) is 12.1. The number of carbonyl (C=O) groups excluding carboxylic acids is 1. The SMILES string of the molecule is CC(C)C[C@H](OC(c1ccccc1)c1ccc(-c2ccc(-n3ccnc3)cc2)cc1)C(=O)NCC#N. The van der Waals surface area contributed by atoms with Crippen molar-refractivity contribution in [3.8, 4) is 22.9 Å². The van der Waals surface area contributed by atoms with Gasteiger partial charge in [-0.15, -0.1) is 0 Å². The molecule has 0 bridgehead atoms. The molecule has 6 nitrogen and oxygen atoms in total. The molecule has 0 aliphatic heterocycles. The fraction of sp³-hybridized carbons (Fsp3) is 0.233. The van der Waals surface area contributed by atoms with Crippen LogP contribution in [0.15, 0.2) is 97.6 Å². The molecule has 0 saturated carbocycles. The van der Waals surface area contributed by atoms with Crippen molar-refractivity contribution >= 4 is 5.91 Å². The van der Waals surface area contributed by atoms with Crippen LogP contribution in [0.1, 0.15) is 37.5 Å². The number of rotatable bonds is 10. The van der Waals surface area contributed by atoms with Gasteiger partial charge in [0.05, 0.1) is 12.4 Å². The van der Waals surface area contributed by atoms with Gasteiger partial charge in [-0.2, -0.15) is 5.26 Å². The molecular formula is C30H30N4O2. The number of nitriles is 1. The second-order valence-electron chi connectivity index (χ2n) is 9.06. The van der Waals surface area contributed by atoms with Gasteiger partial charge in [-0.3, -0.25) is 4.79 Å². The Morgan fingerprint density at radius 2 is 1.61 bits per heavy atom. The normalized spacial score (nSPS) is 12.6. The van der Waals surface area contributed by atoms with Crippen LogP contribution in [0.5, 0.6) is 0 Å². The number of aromatic nitrogens is 2. The average Bonchev–Trinajstić information content (AvgIpc) is 3.45. The Balaban J connectivity index is 1.59. The van der Waals surface area contributed by atoms with E-state index in [-0.39, 0.29) is 18.4 Å². The Kier molecular flexibility index (Phi) is 8.28. The van der Waals surface area contributed by atoms with Crippen LogP contribution in [0.3, 0.4) is 0 Å². The number of nitrogens with zero attached hydrogens (tertiary/aromatic N) is 3. The maximum Gasteiger partial charge on any atom is 0.250 e. The molecule has 3 aromatic carbocycles. The minimum Gasteiger partial charge on any atom is -0.356 e. The molecule has 0 spiro atoms. The molecule has 4 rings (SSSR count). The fourth-order valence-corrected chi connectivity index (χ4v) is 4.12. The molecular weight excluding hydrogens is 448 g/mol. The number of imidazole rings is 1. The zero-order valence-corrected chi connectivity index (χ0v) is 20.5. The minimum absolute atomic E-state index is 0.0405. The molecule has 36 heavy (non-hydrogen) atoms. The lowest BCUT2D eigenvalue weighted by Gasteiger charge is -2.26. The Morgan fingerprint density at radius 3 is 2.19 bits per heavy atom. The summed E-state index contributed by atoms with van der Waals surface area (Å²) in [6.07, 6.45) is 4.93. The van der Waals surface area contributed by atoms with Crippen LogP contribution >= 0.6 is 0 Å². The summed E-state index contributed by atoms with van der Waals surface area (Å²) < 4.78 is 8.43. The van der Waals surface area contributed by atoms with Gasteiger partial charge >= 0.3 is 0 Å². The number of benzene rings is 3. The lowest BCUT2D eigenvalue weighted by Crippen LogP contribution is -2.38. The van der Waals surface area contributed by atoms with Gasteiger partial charge in [0.2, 0.25) is 5.91 Å². The van der Waals surface area contributed by atoms with Crippen molar-refractivity contribution in [1.29, 1.82) is 5.26 Å². The third kappa shape index (κ3) is 6.26. The monoisotopic (exact) mass is 478 g/mol. The summed E-state index contributed by atoms with van der Waals surface area (Å²) in [4.78, 5) is 16.9. The molecule has 182 valence electrons. The van der Waals surface area contributed by atoms with E-state index in [4.69, 9.17) is 10.00 Å². The van der Waals surface area contributed by atoms with E-state index in [2.05, 4.69) is 72.7 Å². The molecule has 0 aliphatic carbocycles. The van der Waals surface area contributed by atoms with Crippen molar-refractivity contribution < 1.29 is 9.53 Å². The van der Waals surface area contributed by atoms with Crippen LogP contribution in [-0.4, -0.2) is 28.1 Å². The van der Waals surface area contributed by atoms with Crippen molar-refractivity contribution in [1.82, 2.24) is 14.9 Å². The van der Waals surface area contributed by atoms with Gasteiger partial charge in [0.1, 0.15) is 18.8 Å². The number of amides is 1. The smallest absolute Gasteiger partial charge is 0.250 e. The summed E-state index contributed by atoms with van der Waals surface area (Å²) in [5.74, 6) is -0.00675. The maximum absolute atomic E-state index is 12.8. The van der Waals surface area contributed by atoms with Crippen molar-refractivity contribution in [2.45, 2.75) is 32.5 Å². The summed E-state index contributed by atoms with van der Waals surface area (Å²) in [6, 6.07) is 28.4. The van der Waals surface area contributed by atoms with E-state index in [0.717, 1.165) is 27.9 Å². The van der Waals surface area contributed by atoms with Crippen molar-refractivity contribution in [2.75, 3.05) is 6.54 Å². The van der Waals surface area contributed by atoms with Crippen molar-refractivity contribution in [3.05, 3.63) is 109 Å². The first-order valence-corrected chi connectivity index (χ1v) is 12.1. The van der Waals surface area contributed by atoms with Crippen LogP contribution in [0.25, 0.3) is 16.8 Å². The minimum atomic E-state index is -0.668. The molecule has 0 fully saturated rings. The van der Waals surface area contributed by atoms with E-state index in [1.54, 1.807) is 12.5 Å². The summed E-state index contributed by atoms with van der Waals surface area (Å²) in [5.41, 5.74) is 5.18. The molecule has 0 saturated heterocycles. The first kappa shape index (κ1) is 24.9. The van der Waals surface area contributed by atoms with Crippen molar-refractivity contribution in [2.24, 2.45) is 5.92 Å². The van der Waals surface area contributed by atoms with Gasteiger partial charge in [-0.25, -0.2) is 4.98 Å². The Hall–Kier alpha value is -4.21. The van der Waals surface area contributed by atoms with Gasteiger partial charge in [-0.1, -0.05) is 80.6 Å². The lowest BCUT2D eigenvalue weighted by molar-refractivity contribution is -0.136. The van der Waals surface area contributed by atoms with Crippen LogP contribution in [-0.2, 0) is 9.53 Å². The lowest BCUT2D eigenvalue weighted by atomic mass is 9.97. The molecule has 1 aromatic heterocycles. The van der Waals surface area contributed by atoms with Gasteiger partial charge in [0.25, 0.3) is 0 Å². The van der Waals surface area contributed by atoms with E-state index in [1.807, 2.05) is 47.2 Å². The van der Waals surface area contributed by atoms with E-state index in [0.29, 0.717) is 6.42 Å². The van der Waals surface area contributed by atoms with E-state index in [9.17, 15) is 4.79 Å². The molecule has 6 heteroatoms. The molecule has 1 amide bonds. The highest BCUT2D eigenvalue weighted by molar-refractivity contribution is 5.81. The molecule has 4 aromatic rings. The topological polar surface area (TPSA) is 79.9 Å². The van der Waals surface area contributed by atoms with Crippen LogP contribution in [0, 0.1) is 17.2 Å². The third-order valence-corrected chi connectivity index (χ3v) is 5.94. The van der Waals surface area contributed by atoms with Gasteiger partial charge in [-0.05, 0) is 46.7 Å². The molecule has 0 radical (unpaired) electrons.